The van der Waals surface area contributed by atoms with E-state index >= 15 is 0 Å². The Labute approximate surface area is 113 Å². The van der Waals surface area contributed by atoms with Crippen molar-refractivity contribution in [2.24, 2.45) is 0 Å². The van der Waals surface area contributed by atoms with Gasteiger partial charge in [-0.25, -0.2) is 0 Å². The van der Waals surface area contributed by atoms with Crippen LogP contribution in [-0.4, -0.2) is 0 Å². The number of rotatable bonds is 0. The molecule has 0 amide bonds. The third kappa shape index (κ3) is 1.34. The van der Waals surface area contributed by atoms with E-state index in [2.05, 4.69) is 74.5 Å². The maximum atomic E-state index is 3.62. The Morgan fingerprint density at radius 1 is 0.842 bits per heavy atom. The van der Waals surface area contributed by atoms with Gasteiger partial charge in [-0.05, 0) is 45.2 Å². The van der Waals surface area contributed by atoms with Crippen molar-refractivity contribution in [1.29, 1.82) is 0 Å². The molecule has 0 nitrogen and oxygen atoms in total. The first-order valence-corrected chi connectivity index (χ1v) is 6.73. The Hall–Kier alpha value is -2.08. The number of hydrogen-bond acceptors (Lipinski definition) is 0. The minimum atomic E-state index is 0.0759. The lowest BCUT2D eigenvalue weighted by Gasteiger charge is -2.21. The van der Waals surface area contributed by atoms with Gasteiger partial charge in [0.05, 0.1) is 0 Å². The lowest BCUT2D eigenvalue weighted by Crippen LogP contribution is -2.14. The van der Waals surface area contributed by atoms with Crippen LogP contribution in [0, 0.1) is 6.07 Å². The van der Waals surface area contributed by atoms with E-state index < -0.39 is 0 Å². The average molecular weight is 243 g/mol. The molecule has 4 rings (SSSR count). The molecule has 91 valence electrons. The summed E-state index contributed by atoms with van der Waals surface area (Å²) in [5, 5.41) is 2.48. The van der Waals surface area contributed by atoms with Gasteiger partial charge in [0.1, 0.15) is 0 Å². The Morgan fingerprint density at radius 2 is 1.58 bits per heavy atom. The predicted octanol–water partition coefficient (Wildman–Crippen LogP) is 4.95. The fraction of sp³-hybridized carbons (Fsp3) is 0.158. The normalized spacial score (nSPS) is 15.3. The lowest BCUT2D eigenvalue weighted by molar-refractivity contribution is 0.661. The van der Waals surface area contributed by atoms with Crippen molar-refractivity contribution in [2.75, 3.05) is 0 Å². The summed E-state index contributed by atoms with van der Waals surface area (Å²) in [7, 11) is 0. The maximum Gasteiger partial charge on any atom is 0.0159 e. The third-order valence-electron chi connectivity index (χ3n) is 4.33. The van der Waals surface area contributed by atoms with E-state index in [4.69, 9.17) is 0 Å². The van der Waals surface area contributed by atoms with Crippen molar-refractivity contribution < 1.29 is 0 Å². The summed E-state index contributed by atoms with van der Waals surface area (Å²) in [4.78, 5) is 0. The second-order valence-corrected chi connectivity index (χ2v) is 5.82. The second kappa shape index (κ2) is 3.48. The highest BCUT2D eigenvalue weighted by Gasteiger charge is 2.35. The monoisotopic (exact) mass is 243 g/mol. The van der Waals surface area contributed by atoms with E-state index in [1.165, 1.54) is 33.0 Å². The molecule has 0 bridgehead atoms. The molecule has 0 heterocycles. The highest BCUT2D eigenvalue weighted by molar-refractivity contribution is 5.92. The molecule has 0 aliphatic heterocycles. The quantitative estimate of drug-likeness (QED) is 0.524. The van der Waals surface area contributed by atoms with E-state index in [0.29, 0.717) is 0 Å². The number of fused-ring (bicyclic) bond motifs is 4. The first-order valence-electron chi connectivity index (χ1n) is 6.73. The van der Waals surface area contributed by atoms with Gasteiger partial charge in [-0.1, -0.05) is 62.4 Å². The molecule has 3 aromatic carbocycles. The van der Waals surface area contributed by atoms with Crippen LogP contribution >= 0.6 is 0 Å². The highest BCUT2D eigenvalue weighted by Crippen LogP contribution is 2.49. The Kier molecular flexibility index (Phi) is 1.98. The van der Waals surface area contributed by atoms with Crippen LogP contribution in [0.1, 0.15) is 25.0 Å². The fourth-order valence-corrected chi connectivity index (χ4v) is 3.26. The molecular formula is C19H15. The summed E-state index contributed by atoms with van der Waals surface area (Å²) < 4.78 is 0. The lowest BCUT2D eigenvalue weighted by atomic mass is 9.82. The Morgan fingerprint density at radius 3 is 2.47 bits per heavy atom. The van der Waals surface area contributed by atoms with Crippen LogP contribution in [-0.2, 0) is 5.41 Å². The molecule has 0 fully saturated rings. The molecule has 3 aromatic rings. The van der Waals surface area contributed by atoms with E-state index in [0.717, 1.165) is 0 Å². The molecule has 1 aliphatic carbocycles. The molecule has 0 N–H and O–H groups in total. The smallest absolute Gasteiger partial charge is 0.0159 e. The van der Waals surface area contributed by atoms with E-state index in [1.54, 1.807) is 0 Å². The summed E-state index contributed by atoms with van der Waals surface area (Å²) in [6.07, 6.45) is 0. The van der Waals surface area contributed by atoms with Gasteiger partial charge in [-0.3, -0.25) is 0 Å². The topological polar surface area (TPSA) is 0 Å². The fourth-order valence-electron chi connectivity index (χ4n) is 3.26. The van der Waals surface area contributed by atoms with Gasteiger partial charge < -0.3 is 0 Å². The zero-order valence-corrected chi connectivity index (χ0v) is 11.2. The number of benzene rings is 3. The number of hydrogen-bond donors (Lipinski definition) is 0. The summed E-state index contributed by atoms with van der Waals surface area (Å²) in [5.74, 6) is 0. The second-order valence-electron chi connectivity index (χ2n) is 5.82. The van der Waals surface area contributed by atoms with Crippen LogP contribution in [0.4, 0.5) is 0 Å². The largest absolute Gasteiger partial charge is 0.0619 e. The first-order chi connectivity index (χ1) is 9.18. The van der Waals surface area contributed by atoms with Crippen molar-refractivity contribution in [1.82, 2.24) is 0 Å². The molecule has 19 heavy (non-hydrogen) atoms. The molecule has 0 saturated heterocycles. The maximum absolute atomic E-state index is 3.62. The van der Waals surface area contributed by atoms with E-state index in [9.17, 15) is 0 Å². The first kappa shape index (κ1) is 10.8. The molecule has 0 unspecified atom stereocenters. The standard InChI is InChI=1S/C19H15/c1-19(2)17-10-6-5-9-15(17)16-11-13-7-3-4-8-14(13)12-18(16)19/h3-10,12H,1-2H3. The predicted molar refractivity (Wildman–Crippen MR) is 80.3 cm³/mol. The molecule has 0 saturated carbocycles. The van der Waals surface area contributed by atoms with Gasteiger partial charge in [0.2, 0.25) is 0 Å². The van der Waals surface area contributed by atoms with Gasteiger partial charge in [0.25, 0.3) is 0 Å². The van der Waals surface area contributed by atoms with Crippen molar-refractivity contribution in [2.45, 2.75) is 19.3 Å². The van der Waals surface area contributed by atoms with Gasteiger partial charge in [-0.2, -0.15) is 0 Å². The molecular weight excluding hydrogens is 228 g/mol. The molecule has 1 radical (unpaired) electrons. The molecule has 0 heteroatoms. The van der Waals surface area contributed by atoms with Gasteiger partial charge >= 0.3 is 0 Å². The zero-order valence-electron chi connectivity index (χ0n) is 11.2. The summed E-state index contributed by atoms with van der Waals surface area (Å²) in [5.41, 5.74) is 5.50. The molecule has 0 spiro atoms. The third-order valence-corrected chi connectivity index (χ3v) is 4.33. The van der Waals surface area contributed by atoms with Crippen LogP contribution in [0.2, 0.25) is 0 Å². The summed E-state index contributed by atoms with van der Waals surface area (Å²) in [6.45, 7) is 4.61. The van der Waals surface area contributed by atoms with Crippen molar-refractivity contribution in [3.8, 4) is 11.1 Å². The van der Waals surface area contributed by atoms with Crippen LogP contribution in [0.5, 0.6) is 0 Å². The zero-order chi connectivity index (χ0) is 13.0. The van der Waals surface area contributed by atoms with Crippen LogP contribution in [0.25, 0.3) is 21.9 Å². The van der Waals surface area contributed by atoms with Crippen molar-refractivity contribution in [3.05, 3.63) is 71.8 Å². The molecule has 0 atom stereocenters. The van der Waals surface area contributed by atoms with Crippen LogP contribution < -0.4 is 0 Å². The summed E-state index contributed by atoms with van der Waals surface area (Å²) >= 11 is 0. The van der Waals surface area contributed by atoms with Crippen molar-refractivity contribution >= 4 is 10.8 Å². The SMILES string of the molecule is CC1(C)c2cc3ccccc3[c]c2-c2ccccc21. The Balaban J connectivity index is 2.15. The van der Waals surface area contributed by atoms with Gasteiger partial charge in [-0.15, -0.1) is 0 Å². The van der Waals surface area contributed by atoms with Crippen molar-refractivity contribution in [3.63, 3.8) is 0 Å². The minimum absolute atomic E-state index is 0.0759. The van der Waals surface area contributed by atoms with Gasteiger partial charge in [0, 0.05) is 5.41 Å². The molecule has 1 aliphatic rings. The average Bonchev–Trinajstić information content (AvgIpc) is 2.66. The van der Waals surface area contributed by atoms with E-state index in [1.807, 2.05) is 0 Å². The van der Waals surface area contributed by atoms with Crippen LogP contribution in [0.3, 0.4) is 0 Å². The minimum Gasteiger partial charge on any atom is -0.0619 e. The van der Waals surface area contributed by atoms with E-state index in [-0.39, 0.29) is 5.41 Å². The summed E-state index contributed by atoms with van der Waals surface area (Å²) in [6, 6.07) is 23.2. The van der Waals surface area contributed by atoms with Crippen LogP contribution in [0.15, 0.2) is 54.6 Å². The molecule has 0 aromatic heterocycles. The highest BCUT2D eigenvalue weighted by atomic mass is 14.4. The van der Waals surface area contributed by atoms with Gasteiger partial charge in [0.15, 0.2) is 0 Å². The Bertz CT molecular complexity index is 794.